The SMILES string of the molecule is C=CC1(OC(C)=O)CCCCC1C(C)C. The third kappa shape index (κ3) is 2.61. The van der Waals surface area contributed by atoms with Gasteiger partial charge in [-0.05, 0) is 31.3 Å². The Bertz CT molecular complexity index is 245. The van der Waals surface area contributed by atoms with Gasteiger partial charge in [0.25, 0.3) is 0 Å². The first kappa shape index (κ1) is 12.3. The van der Waals surface area contributed by atoms with Gasteiger partial charge in [0.05, 0.1) is 0 Å². The normalized spacial score (nSPS) is 31.3. The van der Waals surface area contributed by atoms with Gasteiger partial charge >= 0.3 is 5.97 Å². The summed E-state index contributed by atoms with van der Waals surface area (Å²) in [6, 6.07) is 0. The number of carbonyl (C=O) groups excluding carboxylic acids is 1. The van der Waals surface area contributed by atoms with Crippen LogP contribution < -0.4 is 0 Å². The maximum atomic E-state index is 11.2. The largest absolute Gasteiger partial charge is 0.455 e. The molecule has 0 heterocycles. The van der Waals surface area contributed by atoms with Gasteiger partial charge in [-0.2, -0.15) is 0 Å². The van der Waals surface area contributed by atoms with E-state index in [1.807, 2.05) is 6.08 Å². The Morgan fingerprint density at radius 2 is 2.20 bits per heavy atom. The summed E-state index contributed by atoms with van der Waals surface area (Å²) in [6.45, 7) is 9.73. The number of ether oxygens (including phenoxy) is 1. The van der Waals surface area contributed by atoms with Crippen molar-refractivity contribution < 1.29 is 9.53 Å². The molecule has 0 aromatic heterocycles. The zero-order valence-electron chi connectivity index (χ0n) is 10.1. The van der Waals surface area contributed by atoms with Crippen LogP contribution in [-0.2, 0) is 9.53 Å². The van der Waals surface area contributed by atoms with Gasteiger partial charge in [-0.15, -0.1) is 0 Å². The molecule has 0 radical (unpaired) electrons. The fraction of sp³-hybridized carbons (Fsp3) is 0.769. The molecule has 1 saturated carbocycles. The number of rotatable bonds is 3. The van der Waals surface area contributed by atoms with Crippen molar-refractivity contribution in [1.29, 1.82) is 0 Å². The van der Waals surface area contributed by atoms with E-state index in [-0.39, 0.29) is 5.97 Å². The number of esters is 1. The molecule has 2 nitrogen and oxygen atoms in total. The fourth-order valence-corrected chi connectivity index (χ4v) is 2.78. The van der Waals surface area contributed by atoms with E-state index in [1.54, 1.807) is 0 Å². The van der Waals surface area contributed by atoms with Gasteiger partial charge in [0.15, 0.2) is 0 Å². The molecule has 0 saturated heterocycles. The molecule has 2 atom stereocenters. The average molecular weight is 210 g/mol. The van der Waals surface area contributed by atoms with Crippen molar-refractivity contribution in [2.45, 2.75) is 52.1 Å². The topological polar surface area (TPSA) is 26.3 Å². The lowest BCUT2D eigenvalue weighted by atomic mass is 9.70. The Morgan fingerprint density at radius 3 is 2.67 bits per heavy atom. The van der Waals surface area contributed by atoms with Gasteiger partial charge in [-0.3, -0.25) is 4.79 Å². The standard InChI is InChI=1S/C13H22O2/c1-5-13(15-11(4)14)9-7-6-8-12(13)10(2)3/h5,10,12H,1,6-9H2,2-4H3. The van der Waals surface area contributed by atoms with Crippen LogP contribution >= 0.6 is 0 Å². The zero-order chi connectivity index (χ0) is 11.5. The Labute approximate surface area is 92.7 Å². The molecule has 0 spiro atoms. The van der Waals surface area contributed by atoms with Gasteiger partial charge in [-0.1, -0.05) is 26.8 Å². The fourth-order valence-electron chi connectivity index (χ4n) is 2.78. The van der Waals surface area contributed by atoms with Crippen molar-refractivity contribution in [1.82, 2.24) is 0 Å². The van der Waals surface area contributed by atoms with Gasteiger partial charge in [0.1, 0.15) is 5.60 Å². The Hall–Kier alpha value is -0.790. The summed E-state index contributed by atoms with van der Waals surface area (Å²) in [7, 11) is 0. The van der Waals surface area contributed by atoms with E-state index in [4.69, 9.17) is 4.74 Å². The molecule has 86 valence electrons. The van der Waals surface area contributed by atoms with Crippen LogP contribution in [0.2, 0.25) is 0 Å². The highest BCUT2D eigenvalue weighted by atomic mass is 16.6. The first-order valence-electron chi connectivity index (χ1n) is 5.85. The molecular weight excluding hydrogens is 188 g/mol. The molecule has 1 aliphatic rings. The molecule has 0 N–H and O–H groups in total. The summed E-state index contributed by atoms with van der Waals surface area (Å²) in [6.07, 6.45) is 6.27. The van der Waals surface area contributed by atoms with Gasteiger partial charge in [-0.25, -0.2) is 0 Å². The number of hydrogen-bond donors (Lipinski definition) is 0. The highest BCUT2D eigenvalue weighted by Crippen LogP contribution is 2.41. The third-order valence-electron chi connectivity index (χ3n) is 3.44. The van der Waals surface area contributed by atoms with Crippen molar-refractivity contribution in [2.75, 3.05) is 0 Å². The molecule has 0 amide bonds. The first-order valence-corrected chi connectivity index (χ1v) is 5.85. The molecular formula is C13H22O2. The molecule has 0 bridgehead atoms. The van der Waals surface area contributed by atoms with E-state index in [1.165, 1.54) is 13.3 Å². The second-order valence-corrected chi connectivity index (χ2v) is 4.85. The lowest BCUT2D eigenvalue weighted by molar-refractivity contribution is -0.162. The second kappa shape index (κ2) is 4.82. The lowest BCUT2D eigenvalue weighted by Crippen LogP contribution is -2.45. The summed E-state index contributed by atoms with van der Waals surface area (Å²) in [4.78, 5) is 11.2. The van der Waals surface area contributed by atoms with Crippen molar-refractivity contribution in [3.05, 3.63) is 12.7 Å². The molecule has 15 heavy (non-hydrogen) atoms. The molecule has 1 aliphatic carbocycles. The van der Waals surface area contributed by atoms with Crippen LogP contribution in [0.3, 0.4) is 0 Å². The maximum absolute atomic E-state index is 11.2. The van der Waals surface area contributed by atoms with E-state index in [2.05, 4.69) is 20.4 Å². The van der Waals surface area contributed by atoms with Crippen LogP contribution in [0.4, 0.5) is 0 Å². The Balaban J connectivity index is 2.89. The van der Waals surface area contributed by atoms with Gasteiger partial charge < -0.3 is 4.74 Å². The summed E-state index contributed by atoms with van der Waals surface area (Å²) < 4.78 is 5.54. The second-order valence-electron chi connectivity index (χ2n) is 4.85. The Morgan fingerprint density at radius 1 is 1.53 bits per heavy atom. The highest BCUT2D eigenvalue weighted by molar-refractivity contribution is 5.67. The van der Waals surface area contributed by atoms with Crippen molar-refractivity contribution in [2.24, 2.45) is 11.8 Å². The van der Waals surface area contributed by atoms with Crippen LogP contribution in [0.1, 0.15) is 46.5 Å². The van der Waals surface area contributed by atoms with Crippen molar-refractivity contribution in [3.8, 4) is 0 Å². The first-order chi connectivity index (χ1) is 7.02. The van der Waals surface area contributed by atoms with Crippen LogP contribution in [-0.4, -0.2) is 11.6 Å². The summed E-state index contributed by atoms with van der Waals surface area (Å²) in [5.74, 6) is 0.762. The minimum Gasteiger partial charge on any atom is -0.455 e. The van der Waals surface area contributed by atoms with Crippen molar-refractivity contribution >= 4 is 5.97 Å². The molecule has 1 rings (SSSR count). The monoisotopic (exact) mass is 210 g/mol. The zero-order valence-corrected chi connectivity index (χ0v) is 10.1. The Kier molecular flexibility index (Phi) is 3.95. The van der Waals surface area contributed by atoms with E-state index in [0.717, 1.165) is 19.3 Å². The predicted molar refractivity (Wildman–Crippen MR) is 61.5 cm³/mol. The predicted octanol–water partition coefficient (Wildman–Crippen LogP) is 3.32. The van der Waals surface area contributed by atoms with E-state index in [0.29, 0.717) is 11.8 Å². The minimum atomic E-state index is -0.405. The van der Waals surface area contributed by atoms with E-state index >= 15 is 0 Å². The molecule has 1 fully saturated rings. The quantitative estimate of drug-likeness (QED) is 0.527. The van der Waals surface area contributed by atoms with Crippen molar-refractivity contribution in [3.63, 3.8) is 0 Å². The van der Waals surface area contributed by atoms with E-state index in [9.17, 15) is 4.79 Å². The summed E-state index contributed by atoms with van der Waals surface area (Å²) in [5, 5.41) is 0. The minimum absolute atomic E-state index is 0.192. The average Bonchev–Trinajstić information content (AvgIpc) is 2.17. The molecule has 2 heteroatoms. The highest BCUT2D eigenvalue weighted by Gasteiger charge is 2.42. The maximum Gasteiger partial charge on any atom is 0.303 e. The smallest absolute Gasteiger partial charge is 0.303 e. The number of hydrogen-bond acceptors (Lipinski definition) is 2. The van der Waals surface area contributed by atoms with E-state index < -0.39 is 5.60 Å². The molecule has 0 aliphatic heterocycles. The lowest BCUT2D eigenvalue weighted by Gasteiger charge is -2.43. The van der Waals surface area contributed by atoms with Crippen LogP contribution in [0, 0.1) is 11.8 Å². The van der Waals surface area contributed by atoms with Crippen LogP contribution in [0.25, 0.3) is 0 Å². The molecule has 2 unspecified atom stereocenters. The van der Waals surface area contributed by atoms with Gasteiger partial charge in [0, 0.05) is 12.8 Å². The van der Waals surface area contributed by atoms with Crippen LogP contribution in [0.15, 0.2) is 12.7 Å². The third-order valence-corrected chi connectivity index (χ3v) is 3.44. The summed E-state index contributed by atoms with van der Waals surface area (Å²) >= 11 is 0. The van der Waals surface area contributed by atoms with Crippen LogP contribution in [0.5, 0.6) is 0 Å². The molecule has 0 aromatic rings. The molecule has 0 aromatic carbocycles. The van der Waals surface area contributed by atoms with Gasteiger partial charge in [0.2, 0.25) is 0 Å². The number of carbonyl (C=O) groups is 1. The summed E-state index contributed by atoms with van der Waals surface area (Å²) in [5.41, 5.74) is -0.405.